The third-order valence-corrected chi connectivity index (χ3v) is 5.44. The molecule has 0 saturated carbocycles. The molecule has 1 fully saturated rings. The summed E-state index contributed by atoms with van der Waals surface area (Å²) in [5.41, 5.74) is -0.407. The molecule has 1 aliphatic rings. The normalized spacial score (nSPS) is 20.9. The predicted molar refractivity (Wildman–Crippen MR) is 68.5 cm³/mol. The zero-order valence-electron chi connectivity index (χ0n) is 10.4. The average molecular weight is 310 g/mol. The van der Waals surface area contributed by atoms with Crippen LogP contribution in [-0.2, 0) is 15.9 Å². The van der Waals surface area contributed by atoms with E-state index in [-0.39, 0.29) is 5.92 Å². The first-order valence-electron chi connectivity index (χ1n) is 5.91. The molecule has 7 heteroatoms. The topological polar surface area (TPSA) is 37.4 Å². The maximum absolute atomic E-state index is 14.0. The van der Waals surface area contributed by atoms with Gasteiger partial charge < -0.3 is 0 Å². The summed E-state index contributed by atoms with van der Waals surface area (Å²) in [6.07, 6.45) is 0.740. The number of hydrogen-bond donors (Lipinski definition) is 0. The van der Waals surface area contributed by atoms with Crippen molar-refractivity contribution in [1.29, 1.82) is 0 Å². The molecule has 0 aromatic heterocycles. The first kappa shape index (κ1) is 14.7. The van der Waals surface area contributed by atoms with E-state index in [1.54, 1.807) is 0 Å². The maximum Gasteiger partial charge on any atom is 0.246 e. The van der Waals surface area contributed by atoms with Crippen LogP contribution in [0.25, 0.3) is 0 Å². The van der Waals surface area contributed by atoms with Crippen LogP contribution in [-0.4, -0.2) is 25.8 Å². The Balaban J connectivity index is 2.47. The van der Waals surface area contributed by atoms with E-state index in [0.717, 1.165) is 18.6 Å². The molecule has 19 heavy (non-hydrogen) atoms. The molecule has 0 spiro atoms. The Morgan fingerprint density at radius 2 is 2.11 bits per heavy atom. The molecule has 0 bridgehead atoms. The van der Waals surface area contributed by atoms with Crippen LogP contribution in [0.3, 0.4) is 0 Å². The van der Waals surface area contributed by atoms with Gasteiger partial charge in [-0.2, -0.15) is 4.31 Å². The van der Waals surface area contributed by atoms with Crippen molar-refractivity contribution < 1.29 is 17.2 Å². The smallest absolute Gasteiger partial charge is 0.207 e. The quantitative estimate of drug-likeness (QED) is 0.805. The molecule has 0 amide bonds. The lowest BCUT2D eigenvalue weighted by atomic mass is 10.2. The summed E-state index contributed by atoms with van der Waals surface area (Å²) in [5.74, 6) is -2.08. The zero-order valence-corrected chi connectivity index (χ0v) is 11.9. The molecule has 1 aliphatic heterocycles. The first-order chi connectivity index (χ1) is 8.87. The van der Waals surface area contributed by atoms with Gasteiger partial charge in [0.05, 0.1) is 5.88 Å². The van der Waals surface area contributed by atoms with Gasteiger partial charge in [0.1, 0.15) is 10.7 Å². The molecule has 0 N–H and O–H groups in total. The van der Waals surface area contributed by atoms with Crippen molar-refractivity contribution in [3.63, 3.8) is 0 Å². The fourth-order valence-electron chi connectivity index (χ4n) is 2.15. The van der Waals surface area contributed by atoms with Gasteiger partial charge in [0.2, 0.25) is 10.0 Å². The highest BCUT2D eigenvalue weighted by Gasteiger charge is 2.33. The van der Waals surface area contributed by atoms with Gasteiger partial charge >= 0.3 is 0 Å². The second kappa shape index (κ2) is 5.34. The lowest BCUT2D eigenvalue weighted by Gasteiger charge is -2.17. The van der Waals surface area contributed by atoms with Crippen molar-refractivity contribution in [1.82, 2.24) is 4.31 Å². The summed E-state index contributed by atoms with van der Waals surface area (Å²) >= 11 is 5.45. The van der Waals surface area contributed by atoms with Gasteiger partial charge in [-0.05, 0) is 24.5 Å². The molecular weight excluding hydrogens is 296 g/mol. The predicted octanol–water partition coefficient (Wildman–Crippen LogP) is 2.73. The Bertz CT molecular complexity index is 592. The highest BCUT2D eigenvalue weighted by molar-refractivity contribution is 7.89. The van der Waals surface area contributed by atoms with Gasteiger partial charge in [-0.3, -0.25) is 0 Å². The van der Waals surface area contributed by atoms with E-state index in [9.17, 15) is 17.2 Å². The SMILES string of the molecule is CC1CCN(S(=O)(=O)c2ccc(F)c(CCl)c2F)C1. The lowest BCUT2D eigenvalue weighted by Crippen LogP contribution is -2.29. The van der Waals surface area contributed by atoms with Crippen molar-refractivity contribution in [3.8, 4) is 0 Å². The molecule has 3 nitrogen and oxygen atoms in total. The van der Waals surface area contributed by atoms with Crippen molar-refractivity contribution in [2.75, 3.05) is 13.1 Å². The van der Waals surface area contributed by atoms with Crippen LogP contribution in [0.2, 0.25) is 0 Å². The number of hydrogen-bond acceptors (Lipinski definition) is 2. The Kier molecular flexibility index (Phi) is 4.13. The largest absolute Gasteiger partial charge is 0.246 e. The van der Waals surface area contributed by atoms with Crippen molar-refractivity contribution in [2.24, 2.45) is 5.92 Å². The number of benzene rings is 1. The molecule has 106 valence electrons. The molecule has 1 heterocycles. The zero-order chi connectivity index (χ0) is 14.2. The summed E-state index contributed by atoms with van der Waals surface area (Å²) in [6.45, 7) is 2.65. The molecule has 1 atom stereocenters. The van der Waals surface area contributed by atoms with E-state index in [0.29, 0.717) is 13.1 Å². The standard InChI is InChI=1S/C12H14ClF2NO2S/c1-8-4-5-16(7-8)19(17,18)11-3-2-10(14)9(6-13)12(11)15/h2-3,8H,4-7H2,1H3. The summed E-state index contributed by atoms with van der Waals surface area (Å²) in [4.78, 5) is -0.501. The minimum Gasteiger partial charge on any atom is -0.207 e. The second-order valence-electron chi connectivity index (χ2n) is 4.73. The van der Waals surface area contributed by atoms with E-state index in [1.807, 2.05) is 6.92 Å². The highest BCUT2D eigenvalue weighted by Crippen LogP contribution is 2.28. The van der Waals surface area contributed by atoms with Crippen LogP contribution in [0.4, 0.5) is 8.78 Å². The van der Waals surface area contributed by atoms with E-state index in [2.05, 4.69) is 0 Å². The van der Waals surface area contributed by atoms with E-state index in [1.165, 1.54) is 4.31 Å². The summed E-state index contributed by atoms with van der Waals surface area (Å²) in [6, 6.07) is 1.90. The third-order valence-electron chi connectivity index (χ3n) is 3.29. The van der Waals surface area contributed by atoms with Gasteiger partial charge in [0, 0.05) is 18.7 Å². The summed E-state index contributed by atoms with van der Waals surface area (Å²) in [7, 11) is -3.92. The fourth-order valence-corrected chi connectivity index (χ4v) is 4.06. The fraction of sp³-hybridized carbons (Fsp3) is 0.500. The average Bonchev–Trinajstić information content (AvgIpc) is 2.77. The number of rotatable bonds is 3. The minimum atomic E-state index is -3.92. The Morgan fingerprint density at radius 1 is 1.42 bits per heavy atom. The number of nitrogens with zero attached hydrogens (tertiary/aromatic N) is 1. The molecule has 1 saturated heterocycles. The number of sulfonamides is 1. The Labute approximate surface area is 116 Å². The van der Waals surface area contributed by atoms with Gasteiger partial charge in [-0.15, -0.1) is 11.6 Å². The van der Waals surface area contributed by atoms with E-state index in [4.69, 9.17) is 11.6 Å². The number of halogens is 3. The van der Waals surface area contributed by atoms with Gasteiger partial charge in [0.15, 0.2) is 5.82 Å². The van der Waals surface area contributed by atoms with Gasteiger partial charge in [-0.1, -0.05) is 6.92 Å². The van der Waals surface area contributed by atoms with Crippen LogP contribution in [0.5, 0.6) is 0 Å². The molecule has 0 radical (unpaired) electrons. The first-order valence-corrected chi connectivity index (χ1v) is 7.88. The van der Waals surface area contributed by atoms with Gasteiger partial charge in [-0.25, -0.2) is 17.2 Å². The molecule has 1 aromatic carbocycles. The highest BCUT2D eigenvalue weighted by atomic mass is 35.5. The lowest BCUT2D eigenvalue weighted by molar-refractivity contribution is 0.455. The molecule has 2 rings (SSSR count). The van der Waals surface area contributed by atoms with Crippen LogP contribution >= 0.6 is 11.6 Å². The minimum absolute atomic E-state index is 0.241. The van der Waals surface area contributed by atoms with Crippen LogP contribution < -0.4 is 0 Å². The Morgan fingerprint density at radius 3 is 2.63 bits per heavy atom. The summed E-state index contributed by atoms with van der Waals surface area (Å²) in [5, 5.41) is 0. The van der Waals surface area contributed by atoms with Crippen molar-refractivity contribution in [3.05, 3.63) is 29.3 Å². The monoisotopic (exact) mass is 309 g/mol. The second-order valence-corrected chi connectivity index (χ2v) is 6.90. The third kappa shape index (κ3) is 2.61. The van der Waals surface area contributed by atoms with Crippen molar-refractivity contribution in [2.45, 2.75) is 24.1 Å². The number of alkyl halides is 1. The van der Waals surface area contributed by atoms with Crippen molar-refractivity contribution >= 4 is 21.6 Å². The molecule has 0 aliphatic carbocycles. The van der Waals surface area contributed by atoms with E-state index >= 15 is 0 Å². The molecule has 1 aromatic rings. The van der Waals surface area contributed by atoms with Crippen LogP contribution in [0, 0.1) is 17.6 Å². The van der Waals surface area contributed by atoms with Gasteiger partial charge in [0.25, 0.3) is 0 Å². The van der Waals surface area contributed by atoms with Crippen LogP contribution in [0.15, 0.2) is 17.0 Å². The van der Waals surface area contributed by atoms with Crippen LogP contribution in [0.1, 0.15) is 18.9 Å². The molecule has 1 unspecified atom stereocenters. The van der Waals surface area contributed by atoms with E-state index < -0.39 is 38.0 Å². The Hall–Kier alpha value is -0.720. The maximum atomic E-state index is 14.0. The molecular formula is C12H14ClF2NO2S. The summed E-state index contributed by atoms with van der Waals surface area (Å²) < 4.78 is 53.2.